The predicted octanol–water partition coefficient (Wildman–Crippen LogP) is 5.11. The highest BCUT2D eigenvalue weighted by molar-refractivity contribution is 6.31. The van der Waals surface area contributed by atoms with Crippen LogP contribution in [0.2, 0.25) is 5.02 Å². The number of nitrogens with zero attached hydrogens (tertiary/aromatic N) is 2. The number of nitrogens with one attached hydrogen (secondary N) is 2. The Kier molecular flexibility index (Phi) is 6.09. The van der Waals surface area contributed by atoms with Crippen LogP contribution in [-0.4, -0.2) is 37.1 Å². The Bertz CT molecular complexity index is 1030. The summed E-state index contributed by atoms with van der Waals surface area (Å²) in [5, 5.41) is 8.64. The van der Waals surface area contributed by atoms with Crippen molar-refractivity contribution in [2.45, 2.75) is 37.8 Å². The summed E-state index contributed by atoms with van der Waals surface area (Å²) in [5.41, 5.74) is 3.78. The smallest absolute Gasteiger partial charge is 0.251 e. The lowest BCUT2D eigenvalue weighted by molar-refractivity contribution is 0.0926. The molecule has 1 aliphatic rings. The van der Waals surface area contributed by atoms with Crippen molar-refractivity contribution < 1.29 is 4.79 Å². The second kappa shape index (κ2) is 8.92. The predicted molar refractivity (Wildman–Crippen MR) is 125 cm³/mol. The van der Waals surface area contributed by atoms with Crippen molar-refractivity contribution in [2.24, 2.45) is 0 Å². The van der Waals surface area contributed by atoms with Crippen LogP contribution in [0.4, 0.5) is 11.4 Å². The van der Waals surface area contributed by atoms with Gasteiger partial charge in [0.2, 0.25) is 0 Å². The zero-order chi connectivity index (χ0) is 21.1. The van der Waals surface area contributed by atoms with Crippen LogP contribution < -0.4 is 15.5 Å². The van der Waals surface area contributed by atoms with Crippen LogP contribution in [-0.2, 0) is 0 Å². The number of amides is 1. The molecular weight excluding hydrogens is 396 g/mol. The second-order valence-corrected chi connectivity index (χ2v) is 8.56. The molecule has 1 amide bonds. The third-order valence-corrected chi connectivity index (χ3v) is 6.01. The number of fused-ring (bicyclic) bond motifs is 1. The normalized spacial score (nSPS) is 18.8. The van der Waals surface area contributed by atoms with Gasteiger partial charge in [-0.25, -0.2) is 0 Å². The van der Waals surface area contributed by atoms with Gasteiger partial charge >= 0.3 is 0 Å². The molecule has 0 unspecified atom stereocenters. The van der Waals surface area contributed by atoms with Crippen LogP contribution in [0, 0.1) is 0 Å². The molecule has 2 N–H and O–H groups in total. The average Bonchev–Trinajstić information content (AvgIpc) is 2.75. The molecule has 30 heavy (non-hydrogen) atoms. The van der Waals surface area contributed by atoms with Gasteiger partial charge in [0.05, 0.1) is 5.52 Å². The number of rotatable bonds is 5. The number of benzene rings is 2. The lowest BCUT2D eigenvalue weighted by atomic mass is 9.90. The molecule has 1 fully saturated rings. The maximum absolute atomic E-state index is 12.6. The topological polar surface area (TPSA) is 57.3 Å². The summed E-state index contributed by atoms with van der Waals surface area (Å²) in [6.07, 6.45) is 5.78. The minimum absolute atomic E-state index is 0.00808. The van der Waals surface area contributed by atoms with E-state index in [1.807, 2.05) is 73.7 Å². The summed E-state index contributed by atoms with van der Waals surface area (Å²) in [6.45, 7) is 0. The molecule has 3 aromatic rings. The Morgan fingerprint density at radius 3 is 2.40 bits per heavy atom. The summed E-state index contributed by atoms with van der Waals surface area (Å²) >= 11 is 6.09. The van der Waals surface area contributed by atoms with Crippen molar-refractivity contribution in [2.75, 3.05) is 24.3 Å². The molecule has 0 aliphatic heterocycles. The van der Waals surface area contributed by atoms with Crippen LogP contribution >= 0.6 is 11.6 Å². The number of carbonyl (C=O) groups excluding carboxylic acids is 1. The minimum atomic E-state index is 0.00808. The molecule has 0 bridgehead atoms. The van der Waals surface area contributed by atoms with Crippen LogP contribution in [0.15, 0.2) is 54.7 Å². The molecule has 4 rings (SSSR count). The molecule has 1 aromatic heterocycles. The van der Waals surface area contributed by atoms with Gasteiger partial charge in [0.25, 0.3) is 5.91 Å². The maximum Gasteiger partial charge on any atom is 0.251 e. The highest BCUT2D eigenvalue weighted by Crippen LogP contribution is 2.28. The Labute approximate surface area is 182 Å². The fourth-order valence-corrected chi connectivity index (χ4v) is 4.20. The maximum atomic E-state index is 12.6. The van der Waals surface area contributed by atoms with Crippen LogP contribution in [0.25, 0.3) is 10.9 Å². The van der Waals surface area contributed by atoms with Gasteiger partial charge in [-0.3, -0.25) is 9.78 Å². The molecule has 6 heteroatoms. The third-order valence-electron chi connectivity index (χ3n) is 5.77. The fourth-order valence-electron chi connectivity index (χ4n) is 4.03. The SMILES string of the molecule is CN(C)c1ccc(C(=O)NC2CCC(Nc3ccnc4cc(Cl)ccc34)CC2)cc1. The Morgan fingerprint density at radius 1 is 1.00 bits per heavy atom. The summed E-state index contributed by atoms with van der Waals surface area (Å²) in [4.78, 5) is 19.0. The number of hydrogen-bond acceptors (Lipinski definition) is 4. The first-order valence-corrected chi connectivity index (χ1v) is 10.8. The zero-order valence-corrected chi connectivity index (χ0v) is 18.1. The van der Waals surface area contributed by atoms with Crippen LogP contribution in [0.1, 0.15) is 36.0 Å². The van der Waals surface area contributed by atoms with Gasteiger partial charge in [0.15, 0.2) is 0 Å². The molecule has 1 saturated carbocycles. The number of halogens is 1. The Hall–Kier alpha value is -2.79. The van der Waals surface area contributed by atoms with E-state index >= 15 is 0 Å². The summed E-state index contributed by atoms with van der Waals surface area (Å²) in [7, 11) is 3.98. The van der Waals surface area contributed by atoms with E-state index in [0.29, 0.717) is 16.6 Å². The largest absolute Gasteiger partial charge is 0.382 e. The molecule has 5 nitrogen and oxygen atoms in total. The number of carbonyl (C=O) groups is 1. The van der Waals surface area contributed by atoms with E-state index in [1.54, 1.807) is 0 Å². The quantitative estimate of drug-likeness (QED) is 0.600. The van der Waals surface area contributed by atoms with Gasteiger partial charge < -0.3 is 15.5 Å². The number of aromatic nitrogens is 1. The van der Waals surface area contributed by atoms with E-state index in [1.165, 1.54) is 0 Å². The van der Waals surface area contributed by atoms with E-state index in [0.717, 1.165) is 48.0 Å². The molecule has 0 spiro atoms. The Morgan fingerprint density at radius 2 is 1.70 bits per heavy atom. The summed E-state index contributed by atoms with van der Waals surface area (Å²) < 4.78 is 0. The number of pyridine rings is 1. The van der Waals surface area contributed by atoms with E-state index in [4.69, 9.17) is 11.6 Å². The lowest BCUT2D eigenvalue weighted by Crippen LogP contribution is -2.40. The molecule has 1 aliphatic carbocycles. The van der Waals surface area contributed by atoms with Gasteiger partial charge in [0.1, 0.15) is 0 Å². The summed E-state index contributed by atoms with van der Waals surface area (Å²) in [6, 6.07) is 16.1. The molecule has 0 atom stereocenters. The molecule has 0 radical (unpaired) electrons. The number of anilines is 2. The average molecular weight is 423 g/mol. The lowest BCUT2D eigenvalue weighted by Gasteiger charge is -2.30. The van der Waals surface area contributed by atoms with Gasteiger partial charge in [-0.05, 0) is 74.2 Å². The van der Waals surface area contributed by atoms with Crippen LogP contribution in [0.3, 0.4) is 0 Å². The molecule has 0 saturated heterocycles. The molecule has 156 valence electrons. The van der Waals surface area contributed by atoms with E-state index in [-0.39, 0.29) is 11.9 Å². The monoisotopic (exact) mass is 422 g/mol. The van der Waals surface area contributed by atoms with Crippen LogP contribution in [0.5, 0.6) is 0 Å². The van der Waals surface area contributed by atoms with Crippen molar-refractivity contribution in [3.05, 3.63) is 65.3 Å². The van der Waals surface area contributed by atoms with Crippen molar-refractivity contribution in [3.63, 3.8) is 0 Å². The van der Waals surface area contributed by atoms with Crippen molar-refractivity contribution in [1.29, 1.82) is 0 Å². The van der Waals surface area contributed by atoms with E-state index in [2.05, 4.69) is 15.6 Å². The summed E-state index contributed by atoms with van der Waals surface area (Å²) in [5.74, 6) is 0.00808. The van der Waals surface area contributed by atoms with E-state index in [9.17, 15) is 4.79 Å². The molecular formula is C24H27ClN4O. The van der Waals surface area contributed by atoms with Gasteiger partial charge in [-0.2, -0.15) is 0 Å². The second-order valence-electron chi connectivity index (χ2n) is 8.13. The van der Waals surface area contributed by atoms with E-state index < -0.39 is 0 Å². The third kappa shape index (κ3) is 4.68. The van der Waals surface area contributed by atoms with Gasteiger partial charge in [-0.15, -0.1) is 0 Å². The van der Waals surface area contributed by atoms with Gasteiger partial charge in [0, 0.05) is 59.7 Å². The standard InChI is InChI=1S/C24H27ClN4O/c1-29(2)20-10-3-16(4-11-20)24(30)28-19-8-6-18(7-9-19)27-22-13-14-26-23-15-17(25)5-12-21(22)23/h3-5,10-15,18-19H,6-9H2,1-2H3,(H,26,27)(H,28,30). The fraction of sp³-hybridized carbons (Fsp3) is 0.333. The van der Waals surface area contributed by atoms with Crippen molar-refractivity contribution in [3.8, 4) is 0 Å². The van der Waals surface area contributed by atoms with Crippen molar-refractivity contribution in [1.82, 2.24) is 10.3 Å². The molecule has 1 heterocycles. The Balaban J connectivity index is 1.32. The first kappa shape index (κ1) is 20.5. The molecule has 2 aromatic carbocycles. The zero-order valence-electron chi connectivity index (χ0n) is 17.4. The number of hydrogen-bond donors (Lipinski definition) is 2. The first-order valence-electron chi connectivity index (χ1n) is 10.4. The van der Waals surface area contributed by atoms with Crippen molar-refractivity contribution >= 4 is 39.8 Å². The van der Waals surface area contributed by atoms with Gasteiger partial charge in [-0.1, -0.05) is 11.6 Å². The first-order chi connectivity index (χ1) is 14.5. The minimum Gasteiger partial charge on any atom is -0.382 e. The highest BCUT2D eigenvalue weighted by Gasteiger charge is 2.23. The highest BCUT2D eigenvalue weighted by atomic mass is 35.5.